The van der Waals surface area contributed by atoms with Gasteiger partial charge in [-0.15, -0.1) is 12.1 Å². The molecule has 1 N–H and O–H groups in total. The third-order valence-electron chi connectivity index (χ3n) is 5.03. The predicted octanol–water partition coefficient (Wildman–Crippen LogP) is 6.62. The van der Waals surface area contributed by atoms with Crippen LogP contribution in [0.15, 0.2) is 78.9 Å². The third kappa shape index (κ3) is 8.36. The van der Waals surface area contributed by atoms with Gasteiger partial charge in [-0.1, -0.05) is 77.9 Å². The minimum atomic E-state index is -3.84. The van der Waals surface area contributed by atoms with Gasteiger partial charge in [-0.3, -0.25) is 0 Å². The van der Waals surface area contributed by atoms with Crippen molar-refractivity contribution in [2.75, 3.05) is 20.0 Å². The van der Waals surface area contributed by atoms with Crippen molar-refractivity contribution >= 4 is 19.7 Å². The average Bonchev–Trinajstić information content (AvgIpc) is 2.87. The maximum absolute atomic E-state index is 13.0. The second kappa shape index (κ2) is 15.1. The average molecular weight is 590 g/mol. The first kappa shape index (κ1) is 30.1. The first-order valence-electron chi connectivity index (χ1n) is 10.0. The van der Waals surface area contributed by atoms with Crippen LogP contribution in [0.2, 0.25) is 0 Å². The topological polar surface area (TPSA) is 90.5 Å². The van der Waals surface area contributed by atoms with Crippen LogP contribution < -0.4 is 9.47 Å². The molecule has 184 valence electrons. The molecular weight excluding hydrogens is 561 g/mol. The van der Waals surface area contributed by atoms with Crippen molar-refractivity contribution < 1.29 is 35.2 Å². The van der Waals surface area contributed by atoms with Gasteiger partial charge in [-0.05, 0) is 18.6 Å². The Bertz CT molecular complexity index is 1060. The Morgan fingerprint density at radius 2 is 1.32 bits per heavy atom. The van der Waals surface area contributed by atoms with E-state index in [4.69, 9.17) is 15.2 Å². The molecule has 0 aliphatic carbocycles. The molecule has 3 aromatic carbocycles. The number of nitrogens with zero attached hydrogens (tertiary/aromatic N) is 1. The van der Waals surface area contributed by atoms with Crippen LogP contribution in [0, 0.1) is 7.43 Å². The molecule has 0 aliphatic heterocycles. The second-order valence-corrected chi connectivity index (χ2v) is 8.81. The number of hydrogen-bond donors (Lipinski definition) is 0. The fraction of sp³-hybridized carbons (Fsp3) is 0.240. The Morgan fingerprint density at radius 1 is 0.853 bits per heavy atom. The zero-order chi connectivity index (χ0) is 24.3. The first-order chi connectivity index (χ1) is 15.9. The van der Waals surface area contributed by atoms with E-state index in [0.717, 1.165) is 0 Å². The van der Waals surface area contributed by atoms with E-state index >= 15 is 0 Å². The van der Waals surface area contributed by atoms with Crippen LogP contribution in [0.4, 0.5) is 0 Å². The van der Waals surface area contributed by atoms with Gasteiger partial charge in [0.05, 0.1) is 24.2 Å². The number of ether oxygens (including phenoxy) is 2. The van der Waals surface area contributed by atoms with Gasteiger partial charge in [0, 0.05) is 11.3 Å². The van der Waals surface area contributed by atoms with E-state index in [-0.39, 0.29) is 19.6 Å². The summed E-state index contributed by atoms with van der Waals surface area (Å²) in [5, 5.41) is 0. The molecule has 0 aromatic heterocycles. The first-order valence-corrected chi connectivity index (χ1v) is 13.9. The number of methoxy groups -OCH3 is 2. The van der Waals surface area contributed by atoms with Gasteiger partial charge in [0.25, 0.3) is 0 Å². The Hall–Kier alpha value is -1.96. The van der Waals surface area contributed by atoms with Gasteiger partial charge in [0.15, 0.2) is 0 Å². The van der Waals surface area contributed by atoms with Crippen LogP contribution >= 0.6 is 9.69 Å². The Kier molecular flexibility index (Phi) is 13.4. The third-order valence-corrected chi connectivity index (χ3v) is 6.30. The molecule has 9 heteroatoms. The van der Waals surface area contributed by atoms with E-state index < -0.39 is 22.1 Å². The molecule has 0 bridgehead atoms. The molecule has 0 saturated carbocycles. The van der Waals surface area contributed by atoms with E-state index in [1.165, 1.54) is 14.2 Å². The Labute approximate surface area is 217 Å². The molecule has 0 radical (unpaired) electrons. The molecule has 2 unspecified atom stereocenters. The predicted molar refractivity (Wildman–Crippen MR) is 135 cm³/mol. The van der Waals surface area contributed by atoms with Crippen molar-refractivity contribution in [3.63, 3.8) is 0 Å². The Morgan fingerprint density at radius 3 is 1.79 bits per heavy atom. The van der Waals surface area contributed by atoms with Gasteiger partial charge in [0.2, 0.25) is 0 Å². The number of hydrogen-bond acceptors (Lipinski definition) is 4. The summed E-state index contributed by atoms with van der Waals surface area (Å²) in [6.45, 7) is 0. The molecule has 6 nitrogen and oxygen atoms in total. The zero-order valence-corrected chi connectivity index (χ0v) is 22.6. The van der Waals surface area contributed by atoms with Crippen LogP contribution in [0.1, 0.15) is 28.8 Å². The minimum absolute atomic E-state index is 0. The van der Waals surface area contributed by atoms with Crippen molar-refractivity contribution in [1.29, 1.82) is 0 Å². The van der Waals surface area contributed by atoms with Crippen LogP contribution in [0.25, 0.3) is 10.5 Å². The van der Waals surface area contributed by atoms with Crippen molar-refractivity contribution in [2.45, 2.75) is 18.5 Å². The molecule has 0 heterocycles. The van der Waals surface area contributed by atoms with Gasteiger partial charge < -0.3 is 27.4 Å². The second-order valence-electron chi connectivity index (χ2n) is 7.03. The van der Waals surface area contributed by atoms with Gasteiger partial charge in [0.1, 0.15) is 11.5 Å². The van der Waals surface area contributed by atoms with Crippen molar-refractivity contribution in [3.05, 3.63) is 113 Å². The summed E-state index contributed by atoms with van der Waals surface area (Å²) >= 11 is 1.82. The van der Waals surface area contributed by atoms with Crippen molar-refractivity contribution in [2.24, 2.45) is 0 Å². The van der Waals surface area contributed by atoms with E-state index in [0.29, 0.717) is 28.2 Å². The molecule has 0 aliphatic rings. The standard InChI is InChI=1S/C24H26N2O4S.CH3.ClH.Ru/c1-29-21-14-9-15-22(30-2)20(21)16-17-31(27,28)26-24(19-12-7-4-8-13-19)23(25)18-10-5-3-6-11-18;;;/h3-15,23-25H,16-17H2,1-2H3;1H3;1H;/q-2;-1;;+4/p-1. The van der Waals surface area contributed by atoms with Crippen LogP contribution in [0.3, 0.4) is 0 Å². The van der Waals surface area contributed by atoms with E-state index in [9.17, 15) is 8.42 Å². The van der Waals surface area contributed by atoms with Gasteiger partial charge in [-0.2, -0.15) is 0 Å². The monoisotopic (exact) mass is 590 g/mol. The number of sulfonamides is 1. The van der Waals surface area contributed by atoms with Gasteiger partial charge in [-0.25, -0.2) is 8.42 Å². The zero-order valence-electron chi connectivity index (χ0n) is 19.3. The fourth-order valence-electron chi connectivity index (χ4n) is 3.44. The summed E-state index contributed by atoms with van der Waals surface area (Å²) in [4.78, 5) is 0. The molecule has 3 rings (SSSR count). The summed E-state index contributed by atoms with van der Waals surface area (Å²) < 4.78 is 40.9. The number of nitrogens with one attached hydrogen (secondary N) is 1. The van der Waals surface area contributed by atoms with Crippen molar-refractivity contribution in [3.8, 4) is 11.5 Å². The number of halogens is 1. The molecule has 0 fully saturated rings. The SMILES string of the molecule is COc1cccc(OC)c1CCS(=O)(=O)[N-]C(c1ccccc1)C([NH-])c1ccccc1.[CH3-].[Cl][Ru+3]. The molecule has 3 aromatic rings. The van der Waals surface area contributed by atoms with E-state index in [2.05, 4.69) is 14.4 Å². The van der Waals surface area contributed by atoms with Crippen LogP contribution in [0.5, 0.6) is 11.5 Å². The van der Waals surface area contributed by atoms with Gasteiger partial charge >= 0.3 is 27.0 Å². The quantitative estimate of drug-likeness (QED) is 0.196. The molecular formula is C25H29ClN2O4RuS. The van der Waals surface area contributed by atoms with Crippen LogP contribution in [-0.4, -0.2) is 28.4 Å². The summed E-state index contributed by atoms with van der Waals surface area (Å²) in [5.41, 5.74) is 10.8. The summed E-state index contributed by atoms with van der Waals surface area (Å²) in [6, 6.07) is 21.9. The molecule has 2 atom stereocenters. The van der Waals surface area contributed by atoms with E-state index in [1.807, 2.05) is 65.8 Å². The fourth-order valence-corrected chi connectivity index (χ4v) is 4.60. The van der Waals surface area contributed by atoms with Crippen molar-refractivity contribution in [1.82, 2.24) is 0 Å². The summed E-state index contributed by atoms with van der Waals surface area (Å²) in [7, 11) is 3.80. The number of benzene rings is 3. The maximum atomic E-state index is 13.0. The summed E-state index contributed by atoms with van der Waals surface area (Å²) in [5.74, 6) is 0.919. The molecule has 0 spiro atoms. The molecule has 0 saturated heterocycles. The van der Waals surface area contributed by atoms with E-state index in [1.54, 1.807) is 30.3 Å². The molecule has 34 heavy (non-hydrogen) atoms. The van der Waals surface area contributed by atoms with Crippen LogP contribution in [-0.2, 0) is 33.8 Å². The number of rotatable bonds is 10. The summed E-state index contributed by atoms with van der Waals surface area (Å²) in [6.07, 6.45) is 0.189. The Balaban J connectivity index is 0.00000188. The normalized spacial score (nSPS) is 12.4. The molecule has 0 amide bonds.